The topological polar surface area (TPSA) is 55.8 Å². The molecule has 0 aromatic heterocycles. The molecule has 0 radical (unpaired) electrons. The normalized spacial score (nSPS) is 14.3. The maximum absolute atomic E-state index is 14.2. The number of hydrogen-bond acceptors (Lipinski definition) is 3. The van der Waals surface area contributed by atoms with Gasteiger partial charge in [0.15, 0.2) is 11.6 Å². The second-order valence-electron chi connectivity index (χ2n) is 5.22. The Morgan fingerprint density at radius 3 is 2.41 bits per heavy atom. The van der Waals surface area contributed by atoms with Gasteiger partial charge in [-0.15, -0.1) is 0 Å². The molecule has 0 saturated carbocycles. The molecule has 2 amide bonds. The molecule has 0 spiro atoms. The van der Waals surface area contributed by atoms with Gasteiger partial charge in [-0.3, -0.25) is 0 Å². The van der Waals surface area contributed by atoms with Crippen molar-refractivity contribution in [3.63, 3.8) is 0 Å². The van der Waals surface area contributed by atoms with E-state index in [-0.39, 0.29) is 24.5 Å². The van der Waals surface area contributed by atoms with Crippen LogP contribution in [-0.2, 0) is 0 Å². The van der Waals surface area contributed by atoms with E-state index < -0.39 is 17.7 Å². The molecular formula is C15H21F2N3O2. The summed E-state index contributed by atoms with van der Waals surface area (Å²) in [7, 11) is 0. The summed E-state index contributed by atoms with van der Waals surface area (Å²) in [5.74, 6) is -1.36. The number of urea groups is 1. The van der Waals surface area contributed by atoms with Gasteiger partial charge in [0.2, 0.25) is 0 Å². The van der Waals surface area contributed by atoms with Crippen molar-refractivity contribution in [2.75, 3.05) is 43.0 Å². The molecule has 7 heteroatoms. The first-order valence-electron chi connectivity index (χ1n) is 7.47. The fraction of sp³-hybridized carbons (Fsp3) is 0.533. The van der Waals surface area contributed by atoms with Crippen LogP contribution >= 0.6 is 0 Å². The summed E-state index contributed by atoms with van der Waals surface area (Å²) in [6.07, 6.45) is 1.84. The number of hydrogen-bond donors (Lipinski definition) is 2. The summed E-state index contributed by atoms with van der Waals surface area (Å²) < 4.78 is 28.3. The average molecular weight is 313 g/mol. The second-order valence-corrected chi connectivity index (χ2v) is 5.22. The van der Waals surface area contributed by atoms with Crippen molar-refractivity contribution >= 4 is 17.4 Å². The Balaban J connectivity index is 2.14. The summed E-state index contributed by atoms with van der Waals surface area (Å²) in [5.41, 5.74) is 0.0394. The van der Waals surface area contributed by atoms with Crippen LogP contribution in [0.25, 0.3) is 0 Å². The monoisotopic (exact) mass is 313 g/mol. The van der Waals surface area contributed by atoms with Crippen molar-refractivity contribution in [2.45, 2.75) is 19.8 Å². The third-order valence-electron chi connectivity index (χ3n) is 3.73. The van der Waals surface area contributed by atoms with Crippen LogP contribution in [0.15, 0.2) is 12.1 Å². The molecule has 1 aliphatic heterocycles. The number of amides is 2. The Hall–Kier alpha value is -1.89. The van der Waals surface area contributed by atoms with E-state index in [1.807, 2.05) is 0 Å². The van der Waals surface area contributed by atoms with Crippen LogP contribution in [0.5, 0.6) is 0 Å². The van der Waals surface area contributed by atoms with E-state index >= 15 is 0 Å². The van der Waals surface area contributed by atoms with Crippen LogP contribution < -0.4 is 10.2 Å². The van der Waals surface area contributed by atoms with Crippen molar-refractivity contribution in [3.05, 3.63) is 23.8 Å². The highest BCUT2D eigenvalue weighted by Gasteiger charge is 2.22. The zero-order valence-electron chi connectivity index (χ0n) is 12.6. The lowest BCUT2D eigenvalue weighted by atomic mass is 10.2. The Kier molecular flexibility index (Phi) is 5.54. The number of carbonyl (C=O) groups is 1. The summed E-state index contributed by atoms with van der Waals surface area (Å²) >= 11 is 0. The lowest BCUT2D eigenvalue weighted by Crippen LogP contribution is -2.36. The van der Waals surface area contributed by atoms with Gasteiger partial charge in [0.25, 0.3) is 0 Å². The van der Waals surface area contributed by atoms with Crippen LogP contribution in [0.1, 0.15) is 19.8 Å². The average Bonchev–Trinajstić information content (AvgIpc) is 2.97. The number of benzene rings is 1. The molecule has 0 bridgehead atoms. The lowest BCUT2D eigenvalue weighted by Gasteiger charge is -2.22. The first-order chi connectivity index (χ1) is 10.6. The fourth-order valence-corrected chi connectivity index (χ4v) is 2.61. The molecule has 2 N–H and O–H groups in total. The van der Waals surface area contributed by atoms with Gasteiger partial charge in [-0.2, -0.15) is 0 Å². The van der Waals surface area contributed by atoms with Crippen LogP contribution in [0, 0.1) is 11.6 Å². The molecule has 0 unspecified atom stereocenters. The summed E-state index contributed by atoms with van der Waals surface area (Å²) in [5, 5.41) is 11.3. The molecule has 5 nitrogen and oxygen atoms in total. The number of anilines is 2. The number of rotatable bonds is 5. The molecule has 1 saturated heterocycles. The lowest BCUT2D eigenvalue weighted by molar-refractivity contribution is 0.192. The zero-order chi connectivity index (χ0) is 16.1. The molecule has 1 heterocycles. The number of nitrogens with zero attached hydrogens (tertiary/aromatic N) is 2. The van der Waals surface area contributed by atoms with Gasteiger partial charge < -0.3 is 20.2 Å². The third kappa shape index (κ3) is 3.65. The SMILES string of the molecule is CCN(CCO)C(=O)Nc1cc(F)c(N2CCCC2)c(F)c1. The van der Waals surface area contributed by atoms with E-state index in [1.54, 1.807) is 11.8 Å². The zero-order valence-corrected chi connectivity index (χ0v) is 12.6. The first kappa shape index (κ1) is 16.5. The molecule has 1 aromatic carbocycles. The van der Waals surface area contributed by atoms with Crippen molar-refractivity contribution < 1.29 is 18.7 Å². The van der Waals surface area contributed by atoms with Gasteiger partial charge >= 0.3 is 6.03 Å². The molecule has 0 aliphatic carbocycles. The Labute approximate surface area is 128 Å². The minimum absolute atomic E-state index is 0.0294. The first-order valence-corrected chi connectivity index (χ1v) is 7.47. The van der Waals surface area contributed by atoms with Crippen molar-refractivity contribution in [1.29, 1.82) is 0 Å². The van der Waals surface area contributed by atoms with Gasteiger partial charge in [-0.1, -0.05) is 0 Å². The standard InChI is InChI=1S/C15H21F2N3O2/c1-2-19(7-8-21)15(22)18-11-9-12(16)14(13(17)10-11)20-5-3-4-6-20/h9-10,21H,2-8H2,1H3,(H,18,22). The van der Waals surface area contributed by atoms with Crippen LogP contribution in [0.3, 0.4) is 0 Å². The number of aliphatic hydroxyl groups excluding tert-OH is 1. The highest BCUT2D eigenvalue weighted by molar-refractivity contribution is 5.89. The molecule has 0 atom stereocenters. The van der Waals surface area contributed by atoms with Crippen molar-refractivity contribution in [2.24, 2.45) is 0 Å². The maximum atomic E-state index is 14.2. The largest absolute Gasteiger partial charge is 0.395 e. The maximum Gasteiger partial charge on any atom is 0.321 e. The van der Waals surface area contributed by atoms with Gasteiger partial charge in [-0.25, -0.2) is 13.6 Å². The number of likely N-dealkylation sites (N-methyl/N-ethyl adjacent to an activating group) is 1. The predicted molar refractivity (Wildman–Crippen MR) is 81.2 cm³/mol. The van der Waals surface area contributed by atoms with E-state index in [1.165, 1.54) is 4.90 Å². The molecule has 1 aromatic rings. The van der Waals surface area contributed by atoms with Gasteiger partial charge in [0.05, 0.1) is 6.61 Å². The molecule has 1 aliphatic rings. The van der Waals surface area contributed by atoms with Crippen molar-refractivity contribution in [3.8, 4) is 0 Å². The quantitative estimate of drug-likeness (QED) is 0.878. The number of aliphatic hydroxyl groups is 1. The number of nitrogens with one attached hydrogen (secondary N) is 1. The second kappa shape index (κ2) is 7.40. The van der Waals surface area contributed by atoms with Gasteiger partial charge in [-0.05, 0) is 31.9 Å². The van der Waals surface area contributed by atoms with E-state index in [0.29, 0.717) is 19.6 Å². The minimum Gasteiger partial charge on any atom is -0.395 e. The molecule has 122 valence electrons. The smallest absolute Gasteiger partial charge is 0.321 e. The van der Waals surface area contributed by atoms with E-state index in [2.05, 4.69) is 5.32 Å². The summed E-state index contributed by atoms with van der Waals surface area (Å²) in [6.45, 7) is 3.42. The molecular weight excluding hydrogens is 292 g/mol. The predicted octanol–water partition coefficient (Wildman–Crippen LogP) is 2.41. The number of carbonyl (C=O) groups excluding carboxylic acids is 1. The van der Waals surface area contributed by atoms with E-state index in [0.717, 1.165) is 25.0 Å². The summed E-state index contributed by atoms with van der Waals surface area (Å²) in [4.78, 5) is 15.0. The number of halogens is 2. The fourth-order valence-electron chi connectivity index (χ4n) is 2.61. The van der Waals surface area contributed by atoms with Gasteiger partial charge in [0.1, 0.15) is 5.69 Å². The Morgan fingerprint density at radius 2 is 1.91 bits per heavy atom. The van der Waals surface area contributed by atoms with Crippen molar-refractivity contribution in [1.82, 2.24) is 4.90 Å². The minimum atomic E-state index is -0.678. The van der Waals surface area contributed by atoms with Crippen LogP contribution in [-0.4, -0.2) is 48.8 Å². The molecule has 22 heavy (non-hydrogen) atoms. The third-order valence-corrected chi connectivity index (χ3v) is 3.73. The Morgan fingerprint density at radius 1 is 1.32 bits per heavy atom. The van der Waals surface area contributed by atoms with E-state index in [4.69, 9.17) is 5.11 Å². The van der Waals surface area contributed by atoms with Crippen LogP contribution in [0.4, 0.5) is 25.0 Å². The Bertz CT molecular complexity index is 511. The highest BCUT2D eigenvalue weighted by atomic mass is 19.1. The van der Waals surface area contributed by atoms with E-state index in [9.17, 15) is 13.6 Å². The molecule has 2 rings (SSSR count). The molecule has 1 fully saturated rings. The highest BCUT2D eigenvalue weighted by Crippen LogP contribution is 2.29. The summed E-state index contributed by atoms with van der Waals surface area (Å²) in [6, 6.07) is 1.76. The van der Waals surface area contributed by atoms with Gasteiger partial charge in [0, 0.05) is 31.9 Å². The van der Waals surface area contributed by atoms with Crippen LogP contribution in [0.2, 0.25) is 0 Å².